The van der Waals surface area contributed by atoms with Gasteiger partial charge in [-0.05, 0) is 31.7 Å². The lowest BCUT2D eigenvalue weighted by Crippen LogP contribution is -2.34. The van der Waals surface area contributed by atoms with Crippen molar-refractivity contribution in [1.29, 1.82) is 0 Å². The molecular formula is C15H25NO. The van der Waals surface area contributed by atoms with Crippen LogP contribution >= 0.6 is 0 Å². The molecular weight excluding hydrogens is 210 g/mol. The largest absolute Gasteiger partial charge is 0.392 e. The summed E-state index contributed by atoms with van der Waals surface area (Å²) in [4.78, 5) is 0. The number of hydrogen-bond donors (Lipinski definition) is 2. The van der Waals surface area contributed by atoms with Gasteiger partial charge in [0.2, 0.25) is 0 Å². The van der Waals surface area contributed by atoms with Crippen molar-refractivity contribution in [2.24, 2.45) is 0 Å². The van der Waals surface area contributed by atoms with Crippen LogP contribution in [0.4, 0.5) is 0 Å². The predicted octanol–water partition coefficient (Wildman–Crippen LogP) is 2.76. The Balaban J connectivity index is 2.15. The SMILES string of the molecule is CCCC(O)CNC(C)CCc1ccccc1. The van der Waals surface area contributed by atoms with Crippen LogP contribution < -0.4 is 5.32 Å². The van der Waals surface area contributed by atoms with Crippen LogP contribution in [-0.2, 0) is 6.42 Å². The summed E-state index contributed by atoms with van der Waals surface area (Å²) in [6.07, 6.45) is 3.95. The molecule has 0 radical (unpaired) electrons. The van der Waals surface area contributed by atoms with Crippen molar-refractivity contribution >= 4 is 0 Å². The first-order chi connectivity index (χ1) is 8.22. The third-order valence-corrected chi connectivity index (χ3v) is 3.03. The van der Waals surface area contributed by atoms with E-state index in [-0.39, 0.29) is 6.10 Å². The van der Waals surface area contributed by atoms with Crippen molar-refractivity contribution in [2.45, 2.75) is 51.7 Å². The molecule has 1 rings (SSSR count). The molecule has 0 aliphatic rings. The highest BCUT2D eigenvalue weighted by molar-refractivity contribution is 5.14. The minimum Gasteiger partial charge on any atom is -0.392 e. The maximum Gasteiger partial charge on any atom is 0.0664 e. The van der Waals surface area contributed by atoms with Gasteiger partial charge in [-0.25, -0.2) is 0 Å². The van der Waals surface area contributed by atoms with Gasteiger partial charge < -0.3 is 10.4 Å². The number of benzene rings is 1. The van der Waals surface area contributed by atoms with Crippen LogP contribution in [0.1, 0.15) is 38.7 Å². The minimum absolute atomic E-state index is 0.195. The second-order valence-electron chi connectivity index (χ2n) is 4.78. The maximum atomic E-state index is 9.62. The third kappa shape index (κ3) is 6.44. The zero-order valence-corrected chi connectivity index (χ0v) is 11.0. The van der Waals surface area contributed by atoms with E-state index in [2.05, 4.69) is 43.4 Å². The first kappa shape index (κ1) is 14.2. The molecule has 96 valence electrons. The summed E-state index contributed by atoms with van der Waals surface area (Å²) >= 11 is 0. The lowest BCUT2D eigenvalue weighted by atomic mass is 10.1. The second kappa shape index (κ2) is 8.26. The highest BCUT2D eigenvalue weighted by atomic mass is 16.3. The summed E-state index contributed by atoms with van der Waals surface area (Å²) in [5.41, 5.74) is 1.38. The Kier molecular flexibility index (Phi) is 6.90. The van der Waals surface area contributed by atoms with Crippen LogP contribution in [0.15, 0.2) is 30.3 Å². The fraction of sp³-hybridized carbons (Fsp3) is 0.600. The summed E-state index contributed by atoms with van der Waals surface area (Å²) in [5.74, 6) is 0. The van der Waals surface area contributed by atoms with Gasteiger partial charge in [-0.2, -0.15) is 0 Å². The molecule has 2 unspecified atom stereocenters. The minimum atomic E-state index is -0.195. The number of aliphatic hydroxyl groups is 1. The fourth-order valence-corrected chi connectivity index (χ4v) is 1.90. The molecule has 1 aromatic carbocycles. The Labute approximate surface area is 105 Å². The molecule has 0 spiro atoms. The van der Waals surface area contributed by atoms with Crippen LogP contribution in [-0.4, -0.2) is 23.8 Å². The lowest BCUT2D eigenvalue weighted by molar-refractivity contribution is 0.156. The summed E-state index contributed by atoms with van der Waals surface area (Å²) < 4.78 is 0. The van der Waals surface area contributed by atoms with E-state index in [0.29, 0.717) is 12.6 Å². The average molecular weight is 235 g/mol. The van der Waals surface area contributed by atoms with Crippen molar-refractivity contribution in [1.82, 2.24) is 5.32 Å². The van der Waals surface area contributed by atoms with Gasteiger partial charge >= 0.3 is 0 Å². The van der Waals surface area contributed by atoms with Gasteiger partial charge in [0.05, 0.1) is 6.10 Å². The van der Waals surface area contributed by atoms with E-state index in [0.717, 1.165) is 25.7 Å². The molecule has 0 saturated carbocycles. The van der Waals surface area contributed by atoms with Crippen molar-refractivity contribution in [3.63, 3.8) is 0 Å². The Morgan fingerprint density at radius 2 is 1.88 bits per heavy atom. The molecule has 0 bridgehead atoms. The van der Waals surface area contributed by atoms with E-state index < -0.39 is 0 Å². The molecule has 0 amide bonds. The Hall–Kier alpha value is -0.860. The van der Waals surface area contributed by atoms with Gasteiger partial charge in [0.1, 0.15) is 0 Å². The highest BCUT2D eigenvalue weighted by Gasteiger charge is 2.06. The molecule has 2 nitrogen and oxygen atoms in total. The molecule has 1 aromatic rings. The number of rotatable bonds is 8. The first-order valence-electron chi connectivity index (χ1n) is 6.67. The van der Waals surface area contributed by atoms with Crippen LogP contribution in [0.5, 0.6) is 0 Å². The molecule has 2 atom stereocenters. The molecule has 2 heteroatoms. The van der Waals surface area contributed by atoms with Crippen LogP contribution in [0, 0.1) is 0 Å². The van der Waals surface area contributed by atoms with E-state index in [1.165, 1.54) is 5.56 Å². The smallest absolute Gasteiger partial charge is 0.0664 e. The number of aliphatic hydroxyl groups excluding tert-OH is 1. The van der Waals surface area contributed by atoms with E-state index in [1.54, 1.807) is 0 Å². The van der Waals surface area contributed by atoms with Crippen molar-refractivity contribution in [3.8, 4) is 0 Å². The van der Waals surface area contributed by atoms with Gasteiger partial charge in [0, 0.05) is 12.6 Å². The summed E-state index contributed by atoms with van der Waals surface area (Å²) in [6, 6.07) is 11.0. The van der Waals surface area contributed by atoms with Crippen LogP contribution in [0.25, 0.3) is 0 Å². The van der Waals surface area contributed by atoms with E-state index in [1.807, 2.05) is 6.07 Å². The standard InChI is InChI=1S/C15H25NO/c1-3-7-15(17)12-16-13(2)10-11-14-8-5-4-6-9-14/h4-6,8-9,13,15-17H,3,7,10-12H2,1-2H3. The van der Waals surface area contributed by atoms with E-state index >= 15 is 0 Å². The quantitative estimate of drug-likeness (QED) is 0.726. The van der Waals surface area contributed by atoms with Gasteiger partial charge in [0.25, 0.3) is 0 Å². The monoisotopic (exact) mass is 235 g/mol. The molecule has 0 aromatic heterocycles. The number of hydrogen-bond acceptors (Lipinski definition) is 2. The Morgan fingerprint density at radius 1 is 1.18 bits per heavy atom. The summed E-state index contributed by atoms with van der Waals surface area (Å²) in [5, 5.41) is 13.0. The normalized spacial score (nSPS) is 14.5. The number of aryl methyl sites for hydroxylation is 1. The average Bonchev–Trinajstić information content (AvgIpc) is 2.35. The van der Waals surface area contributed by atoms with E-state index in [4.69, 9.17) is 0 Å². The fourth-order valence-electron chi connectivity index (χ4n) is 1.90. The predicted molar refractivity (Wildman–Crippen MR) is 73.1 cm³/mol. The first-order valence-corrected chi connectivity index (χ1v) is 6.67. The van der Waals surface area contributed by atoms with Gasteiger partial charge in [-0.1, -0.05) is 43.7 Å². The van der Waals surface area contributed by atoms with Crippen LogP contribution in [0.2, 0.25) is 0 Å². The lowest BCUT2D eigenvalue weighted by Gasteiger charge is -2.16. The topological polar surface area (TPSA) is 32.3 Å². The summed E-state index contributed by atoms with van der Waals surface area (Å²) in [7, 11) is 0. The number of nitrogens with one attached hydrogen (secondary N) is 1. The molecule has 0 aliphatic carbocycles. The van der Waals surface area contributed by atoms with Crippen molar-refractivity contribution in [2.75, 3.05) is 6.54 Å². The zero-order valence-electron chi connectivity index (χ0n) is 11.0. The Morgan fingerprint density at radius 3 is 2.53 bits per heavy atom. The van der Waals surface area contributed by atoms with Gasteiger partial charge in [-0.3, -0.25) is 0 Å². The summed E-state index contributed by atoms with van der Waals surface area (Å²) in [6.45, 7) is 4.99. The van der Waals surface area contributed by atoms with Crippen molar-refractivity contribution < 1.29 is 5.11 Å². The van der Waals surface area contributed by atoms with Gasteiger partial charge in [0.15, 0.2) is 0 Å². The van der Waals surface area contributed by atoms with E-state index in [9.17, 15) is 5.11 Å². The second-order valence-corrected chi connectivity index (χ2v) is 4.78. The third-order valence-electron chi connectivity index (χ3n) is 3.03. The molecule has 0 saturated heterocycles. The van der Waals surface area contributed by atoms with Crippen molar-refractivity contribution in [3.05, 3.63) is 35.9 Å². The maximum absolute atomic E-state index is 9.62. The van der Waals surface area contributed by atoms with Crippen LogP contribution in [0.3, 0.4) is 0 Å². The molecule has 0 heterocycles. The Bertz CT molecular complexity index is 286. The highest BCUT2D eigenvalue weighted by Crippen LogP contribution is 2.05. The molecule has 17 heavy (non-hydrogen) atoms. The van der Waals surface area contributed by atoms with Gasteiger partial charge in [-0.15, -0.1) is 0 Å². The molecule has 0 aliphatic heterocycles. The molecule has 2 N–H and O–H groups in total. The zero-order chi connectivity index (χ0) is 12.5. The molecule has 0 fully saturated rings.